The highest BCUT2D eigenvalue weighted by atomic mass is 16.4. The van der Waals surface area contributed by atoms with Crippen LogP contribution in [0.3, 0.4) is 0 Å². The Morgan fingerprint density at radius 2 is 1.59 bits per heavy atom. The highest BCUT2D eigenvalue weighted by Gasteiger charge is 2.13. The molecule has 0 saturated heterocycles. The summed E-state index contributed by atoms with van der Waals surface area (Å²) < 4.78 is 0. The van der Waals surface area contributed by atoms with E-state index in [0.717, 1.165) is 5.56 Å². The van der Waals surface area contributed by atoms with Gasteiger partial charge in [-0.3, -0.25) is 14.4 Å². The number of aryl methyl sites for hydroxylation is 1. The summed E-state index contributed by atoms with van der Waals surface area (Å²) in [5.41, 5.74) is 2.44. The van der Waals surface area contributed by atoms with E-state index in [1.54, 1.807) is 47.4 Å². The second kappa shape index (κ2) is 9.52. The van der Waals surface area contributed by atoms with Gasteiger partial charge in [0.15, 0.2) is 0 Å². The fraction of sp³-hybridized carbons (Fsp3) is 0.286. The quantitative estimate of drug-likeness (QED) is 0.747. The van der Waals surface area contributed by atoms with Crippen LogP contribution in [0, 0.1) is 0 Å². The molecule has 6 nitrogen and oxygen atoms in total. The lowest BCUT2D eigenvalue weighted by Gasteiger charge is -2.18. The minimum atomic E-state index is -0.858. The Morgan fingerprint density at radius 3 is 2.19 bits per heavy atom. The summed E-state index contributed by atoms with van der Waals surface area (Å²) in [6.07, 6.45) is 0.445. The van der Waals surface area contributed by atoms with Gasteiger partial charge in [-0.25, -0.2) is 0 Å². The Hall–Kier alpha value is -3.15. The normalized spacial score (nSPS) is 10.3. The lowest BCUT2D eigenvalue weighted by Crippen LogP contribution is -2.30. The molecule has 0 aliphatic rings. The third-order valence-corrected chi connectivity index (χ3v) is 4.26. The van der Waals surface area contributed by atoms with Crippen molar-refractivity contribution in [1.29, 1.82) is 0 Å². The molecule has 2 amide bonds. The van der Waals surface area contributed by atoms with Crippen LogP contribution < -0.4 is 5.32 Å². The van der Waals surface area contributed by atoms with E-state index >= 15 is 0 Å². The topological polar surface area (TPSA) is 86.7 Å². The number of nitrogens with zero attached hydrogens (tertiary/aromatic N) is 1. The number of benzene rings is 2. The van der Waals surface area contributed by atoms with E-state index in [1.807, 2.05) is 19.9 Å². The van der Waals surface area contributed by atoms with Crippen molar-refractivity contribution in [2.45, 2.75) is 26.7 Å². The summed E-state index contributed by atoms with van der Waals surface area (Å²) >= 11 is 0. The van der Waals surface area contributed by atoms with Crippen LogP contribution in [0.4, 0.5) is 5.69 Å². The van der Waals surface area contributed by atoms with E-state index in [2.05, 4.69) is 5.32 Å². The van der Waals surface area contributed by atoms with Crippen LogP contribution in [0.15, 0.2) is 48.5 Å². The number of carboxylic acid groups (broad SMARTS) is 1. The molecule has 0 atom stereocenters. The summed E-state index contributed by atoms with van der Waals surface area (Å²) in [6.45, 7) is 5.12. The third-order valence-electron chi connectivity index (χ3n) is 4.26. The van der Waals surface area contributed by atoms with Crippen molar-refractivity contribution in [3.63, 3.8) is 0 Å². The van der Waals surface area contributed by atoms with Crippen molar-refractivity contribution in [2.75, 3.05) is 18.4 Å². The number of hydrogen-bond donors (Lipinski definition) is 2. The molecule has 0 radical (unpaired) electrons. The molecule has 2 aromatic rings. The largest absolute Gasteiger partial charge is 0.481 e. The number of amides is 2. The molecule has 0 spiro atoms. The Labute approximate surface area is 158 Å². The molecule has 2 aromatic carbocycles. The van der Waals surface area contributed by atoms with Gasteiger partial charge >= 0.3 is 5.97 Å². The SMILES string of the molecule is CCN(CC)C(=O)c1ccc(C(=O)Nc2cccc(CCC(=O)O)c2)cc1. The number of carboxylic acids is 1. The average molecular weight is 368 g/mol. The fourth-order valence-electron chi connectivity index (χ4n) is 2.72. The molecular weight excluding hydrogens is 344 g/mol. The molecule has 0 aromatic heterocycles. The van der Waals surface area contributed by atoms with E-state index < -0.39 is 5.97 Å². The summed E-state index contributed by atoms with van der Waals surface area (Å²) in [5.74, 6) is -1.20. The van der Waals surface area contributed by atoms with Crippen LogP contribution in [-0.4, -0.2) is 40.9 Å². The molecular formula is C21H24N2O4. The molecule has 0 bridgehead atoms. The predicted octanol–water partition coefficient (Wildman–Crippen LogP) is 3.44. The molecule has 2 N–H and O–H groups in total. The lowest BCUT2D eigenvalue weighted by atomic mass is 10.1. The van der Waals surface area contributed by atoms with Crippen LogP contribution in [-0.2, 0) is 11.2 Å². The van der Waals surface area contributed by atoms with Crippen molar-refractivity contribution in [3.05, 3.63) is 65.2 Å². The number of rotatable bonds is 8. The Morgan fingerprint density at radius 1 is 0.963 bits per heavy atom. The van der Waals surface area contributed by atoms with Crippen molar-refractivity contribution in [2.24, 2.45) is 0 Å². The molecule has 0 saturated carbocycles. The molecule has 27 heavy (non-hydrogen) atoms. The molecule has 0 aliphatic carbocycles. The maximum atomic E-state index is 12.4. The Bertz CT molecular complexity index is 811. The minimum Gasteiger partial charge on any atom is -0.481 e. The van der Waals surface area contributed by atoms with Gasteiger partial charge in [-0.1, -0.05) is 12.1 Å². The second-order valence-electron chi connectivity index (χ2n) is 6.10. The third kappa shape index (κ3) is 5.67. The van der Waals surface area contributed by atoms with Crippen molar-refractivity contribution < 1.29 is 19.5 Å². The number of hydrogen-bond acceptors (Lipinski definition) is 3. The maximum Gasteiger partial charge on any atom is 0.303 e. The van der Waals surface area contributed by atoms with E-state index in [0.29, 0.717) is 36.3 Å². The zero-order chi connectivity index (χ0) is 19.8. The monoisotopic (exact) mass is 368 g/mol. The number of carbonyl (C=O) groups excluding carboxylic acids is 2. The van der Waals surface area contributed by atoms with Crippen LogP contribution in [0.2, 0.25) is 0 Å². The van der Waals surface area contributed by atoms with Gasteiger partial charge in [-0.2, -0.15) is 0 Å². The highest BCUT2D eigenvalue weighted by molar-refractivity contribution is 6.05. The summed E-state index contributed by atoms with van der Waals surface area (Å²) in [7, 11) is 0. The van der Waals surface area contributed by atoms with Crippen LogP contribution in [0.1, 0.15) is 46.5 Å². The van der Waals surface area contributed by atoms with Gasteiger partial charge in [0.1, 0.15) is 0 Å². The number of carbonyl (C=O) groups is 3. The molecule has 6 heteroatoms. The van der Waals surface area contributed by atoms with Crippen LogP contribution in [0.25, 0.3) is 0 Å². The van der Waals surface area contributed by atoms with Gasteiger partial charge in [-0.15, -0.1) is 0 Å². The van der Waals surface area contributed by atoms with Gasteiger partial charge < -0.3 is 15.3 Å². The molecule has 0 aliphatic heterocycles. The van der Waals surface area contributed by atoms with Crippen LogP contribution >= 0.6 is 0 Å². The minimum absolute atomic E-state index is 0.0411. The summed E-state index contributed by atoms with van der Waals surface area (Å²) in [4.78, 5) is 37.1. The molecule has 0 heterocycles. The van der Waals surface area contributed by atoms with Gasteiger partial charge in [0, 0.05) is 36.3 Å². The van der Waals surface area contributed by atoms with E-state index in [1.165, 1.54) is 0 Å². The van der Waals surface area contributed by atoms with Crippen molar-refractivity contribution >= 4 is 23.5 Å². The van der Waals surface area contributed by atoms with E-state index in [-0.39, 0.29) is 18.2 Å². The van der Waals surface area contributed by atoms with E-state index in [4.69, 9.17) is 5.11 Å². The lowest BCUT2D eigenvalue weighted by molar-refractivity contribution is -0.136. The molecule has 142 valence electrons. The first-order chi connectivity index (χ1) is 12.9. The summed E-state index contributed by atoms with van der Waals surface area (Å²) in [6, 6.07) is 13.7. The zero-order valence-electron chi connectivity index (χ0n) is 15.6. The van der Waals surface area contributed by atoms with Gasteiger partial charge in [0.25, 0.3) is 11.8 Å². The molecule has 0 unspecified atom stereocenters. The van der Waals surface area contributed by atoms with E-state index in [9.17, 15) is 14.4 Å². The van der Waals surface area contributed by atoms with Gasteiger partial charge in [0.2, 0.25) is 0 Å². The summed E-state index contributed by atoms with van der Waals surface area (Å²) in [5, 5.41) is 11.6. The Balaban J connectivity index is 2.05. The fourth-order valence-corrected chi connectivity index (χ4v) is 2.72. The van der Waals surface area contributed by atoms with Gasteiger partial charge in [-0.05, 0) is 62.2 Å². The zero-order valence-corrected chi connectivity index (χ0v) is 15.6. The first kappa shape index (κ1) is 20.2. The first-order valence-electron chi connectivity index (χ1n) is 8.96. The first-order valence-corrected chi connectivity index (χ1v) is 8.96. The average Bonchev–Trinajstić information content (AvgIpc) is 2.67. The number of nitrogens with one attached hydrogen (secondary N) is 1. The standard InChI is InChI=1S/C21H24N2O4/c1-3-23(4-2)21(27)17-11-9-16(10-12-17)20(26)22-18-7-5-6-15(14-18)8-13-19(24)25/h5-7,9-12,14H,3-4,8,13H2,1-2H3,(H,22,26)(H,24,25). The molecule has 2 rings (SSSR count). The number of aliphatic carboxylic acids is 1. The Kier molecular flexibility index (Phi) is 7.11. The van der Waals surface area contributed by atoms with Crippen molar-refractivity contribution in [1.82, 2.24) is 4.90 Å². The predicted molar refractivity (Wildman–Crippen MR) is 104 cm³/mol. The maximum absolute atomic E-state index is 12.4. The van der Waals surface area contributed by atoms with Crippen molar-refractivity contribution in [3.8, 4) is 0 Å². The second-order valence-corrected chi connectivity index (χ2v) is 6.10. The highest BCUT2D eigenvalue weighted by Crippen LogP contribution is 2.15. The molecule has 0 fully saturated rings. The smallest absolute Gasteiger partial charge is 0.303 e. The van der Waals surface area contributed by atoms with Crippen LogP contribution in [0.5, 0.6) is 0 Å². The number of anilines is 1. The van der Waals surface area contributed by atoms with Gasteiger partial charge in [0.05, 0.1) is 0 Å².